The summed E-state index contributed by atoms with van der Waals surface area (Å²) in [7, 11) is -4.77. The maximum absolute atomic E-state index is 12.9. The number of aliphatic hydroxyl groups excluding tert-OH is 1. The number of aliphatic hydroxyl groups is 1. The molecule has 410 valence electrons. The van der Waals surface area contributed by atoms with E-state index in [9.17, 15) is 28.9 Å². The summed E-state index contributed by atoms with van der Waals surface area (Å²) in [5.74, 6) is -1.55. The summed E-state index contributed by atoms with van der Waals surface area (Å²) in [6.07, 6.45) is 63.3. The van der Waals surface area contributed by atoms with Crippen LogP contribution in [0.3, 0.4) is 0 Å². The summed E-state index contributed by atoms with van der Waals surface area (Å²) in [6, 6.07) is 0. The lowest BCUT2D eigenvalue weighted by molar-refractivity contribution is -0.161. The van der Waals surface area contributed by atoms with Gasteiger partial charge in [0.1, 0.15) is 12.7 Å². The highest BCUT2D eigenvalue weighted by Gasteiger charge is 2.28. The fourth-order valence-corrected chi connectivity index (χ4v) is 7.76. The van der Waals surface area contributed by atoms with Gasteiger partial charge in [-0.15, -0.1) is 0 Å². The Hall–Kier alpha value is -3.86. The maximum atomic E-state index is 12.9. The van der Waals surface area contributed by atoms with Gasteiger partial charge in [0.25, 0.3) is 0 Å². The zero-order chi connectivity index (χ0) is 52.7. The minimum atomic E-state index is -4.77. The number of hydrogen-bond acceptors (Lipinski definition) is 10. The predicted octanol–water partition coefficient (Wildman–Crippen LogP) is 16.2. The van der Waals surface area contributed by atoms with Crippen molar-refractivity contribution in [2.45, 2.75) is 226 Å². The Kier molecular flexibility index (Phi) is 50.6. The van der Waals surface area contributed by atoms with Crippen molar-refractivity contribution in [3.05, 3.63) is 109 Å². The highest BCUT2D eigenvalue weighted by Crippen LogP contribution is 2.43. The first-order chi connectivity index (χ1) is 35.2. The first-order valence-corrected chi connectivity index (χ1v) is 29.3. The number of phosphoric acid groups is 1. The molecule has 0 aromatic carbocycles. The molecule has 2 N–H and O–H groups in total. The molecule has 0 aliphatic rings. The molecule has 0 amide bonds. The van der Waals surface area contributed by atoms with Crippen LogP contribution in [-0.4, -0.2) is 66.5 Å². The standard InChI is InChI=1S/C60H99O11P/c1-4-7-10-13-16-19-22-25-27-28-30-33-36-39-42-45-48-51-60(64)71-57(53-67-58(62)49-46-43-40-37-34-31-24-21-18-15-12-9-6-3)55-69-72(65,66)68-54-56(52-61)70-59(63)50-47-44-41-38-35-32-29-26-23-20-17-14-11-8-5-2/h7,9-10,12,16-21,25-27,29-31,33-34,56-57,61H,4-6,8,11,13-15,22-24,28,32,35-55H2,1-3H3,(H,65,66)/b10-7-,12-9-,19-16-,20-17-,21-18-,27-25-,29-26-,33-30-,34-31-. The van der Waals surface area contributed by atoms with Crippen LogP contribution >= 0.6 is 7.82 Å². The third-order valence-electron chi connectivity index (χ3n) is 11.2. The van der Waals surface area contributed by atoms with Crippen LogP contribution < -0.4 is 0 Å². The number of esters is 3. The first-order valence-electron chi connectivity index (χ1n) is 27.8. The molecule has 0 heterocycles. The summed E-state index contributed by atoms with van der Waals surface area (Å²) in [5, 5.41) is 9.80. The van der Waals surface area contributed by atoms with Crippen LogP contribution in [0, 0.1) is 0 Å². The lowest BCUT2D eigenvalue weighted by atomic mass is 10.1. The quantitative estimate of drug-likeness (QED) is 0.0197. The van der Waals surface area contributed by atoms with Crippen LogP contribution in [0.5, 0.6) is 0 Å². The van der Waals surface area contributed by atoms with Gasteiger partial charge in [-0.25, -0.2) is 4.57 Å². The number of carbonyl (C=O) groups excluding carboxylic acids is 3. The smallest absolute Gasteiger partial charge is 0.462 e. The molecule has 11 nitrogen and oxygen atoms in total. The van der Waals surface area contributed by atoms with Gasteiger partial charge in [0.2, 0.25) is 0 Å². The van der Waals surface area contributed by atoms with Crippen LogP contribution in [0.1, 0.15) is 213 Å². The van der Waals surface area contributed by atoms with Gasteiger partial charge in [0.15, 0.2) is 6.10 Å². The van der Waals surface area contributed by atoms with Crippen LogP contribution in [-0.2, 0) is 42.2 Å². The highest BCUT2D eigenvalue weighted by molar-refractivity contribution is 7.47. The van der Waals surface area contributed by atoms with Crippen LogP contribution in [0.2, 0.25) is 0 Å². The van der Waals surface area contributed by atoms with Crippen molar-refractivity contribution in [1.82, 2.24) is 0 Å². The molecule has 0 aliphatic carbocycles. The minimum absolute atomic E-state index is 0.126. The molecule has 72 heavy (non-hydrogen) atoms. The van der Waals surface area contributed by atoms with E-state index < -0.39 is 57.8 Å². The minimum Gasteiger partial charge on any atom is -0.462 e. The second kappa shape index (κ2) is 53.4. The van der Waals surface area contributed by atoms with E-state index in [-0.39, 0.29) is 25.9 Å². The summed E-state index contributed by atoms with van der Waals surface area (Å²) >= 11 is 0. The Morgan fingerprint density at radius 2 is 0.722 bits per heavy atom. The van der Waals surface area contributed by atoms with Gasteiger partial charge in [-0.2, -0.15) is 0 Å². The highest BCUT2D eigenvalue weighted by atomic mass is 31.2. The van der Waals surface area contributed by atoms with Crippen LogP contribution in [0.4, 0.5) is 0 Å². The van der Waals surface area contributed by atoms with Crippen molar-refractivity contribution < 1.29 is 52.2 Å². The third-order valence-corrected chi connectivity index (χ3v) is 12.1. The van der Waals surface area contributed by atoms with Crippen LogP contribution in [0.25, 0.3) is 0 Å². The normalized spacial score (nSPS) is 14.2. The molecule has 0 aliphatic heterocycles. The number of allylic oxidation sites excluding steroid dienone is 18. The average molecular weight is 1030 g/mol. The molecule has 0 radical (unpaired) electrons. The van der Waals surface area contributed by atoms with Gasteiger partial charge in [-0.1, -0.05) is 182 Å². The van der Waals surface area contributed by atoms with Crippen molar-refractivity contribution in [2.24, 2.45) is 0 Å². The molecule has 0 saturated heterocycles. The number of unbranched alkanes of at least 4 members (excludes halogenated alkanes) is 15. The van der Waals surface area contributed by atoms with Gasteiger partial charge < -0.3 is 24.2 Å². The second-order valence-electron chi connectivity index (χ2n) is 18.0. The lowest BCUT2D eigenvalue weighted by Gasteiger charge is -2.21. The van der Waals surface area contributed by atoms with Gasteiger partial charge in [-0.3, -0.25) is 23.4 Å². The van der Waals surface area contributed by atoms with E-state index in [0.29, 0.717) is 19.3 Å². The molecule has 0 aromatic heterocycles. The Bertz CT molecular complexity index is 1620. The molecule has 0 aromatic rings. The second-order valence-corrected chi connectivity index (χ2v) is 19.4. The first kappa shape index (κ1) is 68.1. The number of phosphoric ester groups is 1. The molecule has 0 spiro atoms. The summed E-state index contributed by atoms with van der Waals surface area (Å²) in [4.78, 5) is 48.5. The zero-order valence-electron chi connectivity index (χ0n) is 45.1. The van der Waals surface area contributed by atoms with Crippen molar-refractivity contribution in [1.29, 1.82) is 0 Å². The SMILES string of the molecule is CC/C=C\C/C=C\C/C=C\C/C=C\CCCCCCC(=O)OC(COC(=O)CCCCC/C=C\C/C=C\C/C=C\CC)COP(=O)(O)OCC(CO)OC(=O)CCCCCCC/C=C\C/C=C\CCCCC. The Labute approximate surface area is 437 Å². The lowest BCUT2D eigenvalue weighted by Crippen LogP contribution is -2.30. The van der Waals surface area contributed by atoms with E-state index in [4.69, 9.17) is 23.3 Å². The average Bonchev–Trinajstić information content (AvgIpc) is 3.37. The molecule has 0 bridgehead atoms. The molecular formula is C60H99O11P. The fourth-order valence-electron chi connectivity index (χ4n) is 6.98. The van der Waals surface area contributed by atoms with Gasteiger partial charge in [-0.05, 0) is 122 Å². The van der Waals surface area contributed by atoms with Gasteiger partial charge in [0, 0.05) is 19.3 Å². The molecule has 0 fully saturated rings. The molecule has 3 atom stereocenters. The van der Waals surface area contributed by atoms with Crippen molar-refractivity contribution in [3.8, 4) is 0 Å². The Morgan fingerprint density at radius 3 is 1.12 bits per heavy atom. The molecule has 0 rings (SSSR count). The maximum Gasteiger partial charge on any atom is 0.472 e. The van der Waals surface area contributed by atoms with E-state index in [0.717, 1.165) is 135 Å². The number of carbonyl (C=O) groups is 3. The molecule has 3 unspecified atom stereocenters. The summed E-state index contributed by atoms with van der Waals surface area (Å²) in [5.41, 5.74) is 0. The molecule has 0 saturated carbocycles. The number of hydrogen-bond donors (Lipinski definition) is 2. The molecular weight excluding hydrogens is 928 g/mol. The Morgan fingerprint density at radius 1 is 0.403 bits per heavy atom. The van der Waals surface area contributed by atoms with E-state index in [1.54, 1.807) is 0 Å². The van der Waals surface area contributed by atoms with E-state index in [2.05, 4.69) is 130 Å². The zero-order valence-corrected chi connectivity index (χ0v) is 46.0. The predicted molar refractivity (Wildman–Crippen MR) is 297 cm³/mol. The van der Waals surface area contributed by atoms with E-state index in [1.807, 2.05) is 0 Å². The van der Waals surface area contributed by atoms with Gasteiger partial charge in [0.05, 0.1) is 19.8 Å². The van der Waals surface area contributed by atoms with E-state index in [1.165, 1.54) is 19.3 Å². The largest absolute Gasteiger partial charge is 0.472 e. The van der Waals surface area contributed by atoms with Crippen molar-refractivity contribution in [3.63, 3.8) is 0 Å². The molecule has 12 heteroatoms. The Balaban J connectivity index is 4.82. The van der Waals surface area contributed by atoms with Crippen molar-refractivity contribution >= 4 is 25.7 Å². The number of ether oxygens (including phenoxy) is 3. The van der Waals surface area contributed by atoms with Crippen LogP contribution in [0.15, 0.2) is 109 Å². The monoisotopic (exact) mass is 1030 g/mol. The van der Waals surface area contributed by atoms with Gasteiger partial charge >= 0.3 is 25.7 Å². The van der Waals surface area contributed by atoms with E-state index >= 15 is 0 Å². The number of rotatable bonds is 50. The van der Waals surface area contributed by atoms with Crippen molar-refractivity contribution in [2.75, 3.05) is 26.4 Å². The summed E-state index contributed by atoms with van der Waals surface area (Å²) < 4.78 is 39.4. The topological polar surface area (TPSA) is 155 Å². The summed E-state index contributed by atoms with van der Waals surface area (Å²) in [6.45, 7) is 4.29. The fraction of sp³-hybridized carbons (Fsp3) is 0.650. The third kappa shape index (κ3) is 51.1.